The van der Waals surface area contributed by atoms with Gasteiger partial charge in [-0.2, -0.15) is 0 Å². The van der Waals surface area contributed by atoms with Gasteiger partial charge in [0.15, 0.2) is 0 Å². The monoisotopic (exact) mass is 286 g/mol. The summed E-state index contributed by atoms with van der Waals surface area (Å²) >= 11 is 3.36. The first-order valence-electron chi connectivity index (χ1n) is 5.90. The molecule has 0 saturated carbocycles. The highest BCUT2D eigenvalue weighted by Crippen LogP contribution is 2.36. The second-order valence-corrected chi connectivity index (χ2v) is 6.57. The average Bonchev–Trinajstić information content (AvgIpc) is 3.04. The first kappa shape index (κ1) is 11.0. The number of hydrogen-bond acceptors (Lipinski definition) is 4. The minimum atomic E-state index is -0.0640. The van der Waals surface area contributed by atoms with Crippen LogP contribution in [0.1, 0.15) is 4.88 Å². The smallest absolute Gasteiger partial charge is 0.254 e. The quantitative estimate of drug-likeness (QED) is 0.722. The lowest BCUT2D eigenvalue weighted by molar-refractivity contribution is -0.114. The molecule has 1 aromatic carbocycles. The Hall–Kier alpha value is -1.85. The normalized spacial score (nSPS) is 15.7. The standard InChI is InChI=1S/C14H10N2OS2/c15-9-6-16-14(17)13(9)12-5-8-4-10-7(1-2-18-10)3-11(8)19-12/h1-5H,6,15H2,(H,16,17). The van der Waals surface area contributed by atoms with Gasteiger partial charge in [-0.05, 0) is 40.4 Å². The molecule has 0 radical (unpaired) electrons. The van der Waals surface area contributed by atoms with Crippen LogP contribution in [0, 0.1) is 0 Å². The first-order valence-corrected chi connectivity index (χ1v) is 7.60. The van der Waals surface area contributed by atoms with Crippen molar-refractivity contribution in [3.8, 4) is 0 Å². The number of carbonyl (C=O) groups excluding carboxylic acids is 1. The summed E-state index contributed by atoms with van der Waals surface area (Å²) in [7, 11) is 0. The molecule has 19 heavy (non-hydrogen) atoms. The fraction of sp³-hybridized carbons (Fsp3) is 0.0714. The Kier molecular flexibility index (Phi) is 2.22. The Morgan fingerprint density at radius 2 is 2.00 bits per heavy atom. The SMILES string of the molecule is NC1=C(c2cc3cc4sccc4cc3s2)C(=O)NC1. The van der Waals surface area contributed by atoms with Gasteiger partial charge >= 0.3 is 0 Å². The van der Waals surface area contributed by atoms with Gasteiger partial charge < -0.3 is 11.1 Å². The number of benzene rings is 1. The molecule has 0 aliphatic carbocycles. The Labute approximate surface area is 117 Å². The fourth-order valence-electron chi connectivity index (χ4n) is 2.39. The van der Waals surface area contributed by atoms with Crippen LogP contribution in [0.3, 0.4) is 0 Å². The van der Waals surface area contributed by atoms with Gasteiger partial charge in [0, 0.05) is 20.0 Å². The largest absolute Gasteiger partial charge is 0.400 e. The van der Waals surface area contributed by atoms with Gasteiger partial charge in [0.2, 0.25) is 0 Å². The van der Waals surface area contributed by atoms with Gasteiger partial charge in [0.25, 0.3) is 5.91 Å². The lowest BCUT2D eigenvalue weighted by atomic mass is 10.1. The molecule has 0 unspecified atom stereocenters. The van der Waals surface area contributed by atoms with Crippen LogP contribution >= 0.6 is 22.7 Å². The number of fused-ring (bicyclic) bond motifs is 2. The van der Waals surface area contributed by atoms with Crippen LogP contribution < -0.4 is 11.1 Å². The van der Waals surface area contributed by atoms with E-state index in [2.05, 4.69) is 35.0 Å². The van der Waals surface area contributed by atoms with E-state index >= 15 is 0 Å². The van der Waals surface area contributed by atoms with E-state index in [1.165, 1.54) is 20.2 Å². The molecule has 0 fully saturated rings. The second-order valence-electron chi connectivity index (χ2n) is 4.54. The Balaban J connectivity index is 1.97. The number of rotatable bonds is 1. The van der Waals surface area contributed by atoms with Crippen molar-refractivity contribution in [2.45, 2.75) is 0 Å². The number of carbonyl (C=O) groups is 1. The van der Waals surface area contributed by atoms with E-state index in [-0.39, 0.29) is 5.91 Å². The van der Waals surface area contributed by atoms with Gasteiger partial charge in [-0.1, -0.05) is 0 Å². The van der Waals surface area contributed by atoms with Crippen LogP contribution in [-0.4, -0.2) is 12.5 Å². The van der Waals surface area contributed by atoms with E-state index in [9.17, 15) is 4.79 Å². The zero-order valence-corrected chi connectivity index (χ0v) is 11.5. The van der Waals surface area contributed by atoms with E-state index in [0.29, 0.717) is 17.8 Å². The Morgan fingerprint density at radius 1 is 1.16 bits per heavy atom. The molecule has 0 bridgehead atoms. The van der Waals surface area contributed by atoms with Crippen molar-refractivity contribution in [1.29, 1.82) is 0 Å². The van der Waals surface area contributed by atoms with Gasteiger partial charge in [-0.15, -0.1) is 22.7 Å². The van der Waals surface area contributed by atoms with Gasteiger partial charge in [0.05, 0.1) is 12.1 Å². The minimum absolute atomic E-state index is 0.0640. The molecule has 1 aliphatic heterocycles. The van der Waals surface area contributed by atoms with Crippen molar-refractivity contribution in [3.05, 3.63) is 40.2 Å². The fourth-order valence-corrected chi connectivity index (χ4v) is 4.38. The summed E-state index contributed by atoms with van der Waals surface area (Å²) in [5.41, 5.74) is 7.19. The van der Waals surface area contributed by atoms with Gasteiger partial charge in [-0.25, -0.2) is 0 Å². The molecule has 3 heterocycles. The van der Waals surface area contributed by atoms with Crippen molar-refractivity contribution in [2.24, 2.45) is 5.73 Å². The zero-order valence-electron chi connectivity index (χ0n) is 9.90. The summed E-state index contributed by atoms with van der Waals surface area (Å²) in [6, 6.07) is 8.54. The topological polar surface area (TPSA) is 55.1 Å². The Bertz CT molecular complexity index is 809. The minimum Gasteiger partial charge on any atom is -0.400 e. The van der Waals surface area contributed by atoms with E-state index in [4.69, 9.17) is 5.73 Å². The van der Waals surface area contributed by atoms with Crippen LogP contribution in [0.25, 0.3) is 25.7 Å². The predicted molar refractivity (Wildman–Crippen MR) is 81.3 cm³/mol. The maximum Gasteiger partial charge on any atom is 0.254 e. The second kappa shape index (κ2) is 3.82. The van der Waals surface area contributed by atoms with E-state index < -0.39 is 0 Å². The summed E-state index contributed by atoms with van der Waals surface area (Å²) in [6.45, 7) is 0.456. The number of nitrogens with one attached hydrogen (secondary N) is 1. The third-order valence-electron chi connectivity index (χ3n) is 3.33. The first-order chi connectivity index (χ1) is 9.22. The Morgan fingerprint density at radius 3 is 2.79 bits per heavy atom. The number of hydrogen-bond donors (Lipinski definition) is 2. The van der Waals surface area contributed by atoms with E-state index in [0.717, 1.165) is 4.88 Å². The molecular weight excluding hydrogens is 276 g/mol. The zero-order chi connectivity index (χ0) is 13.0. The average molecular weight is 286 g/mol. The molecule has 1 amide bonds. The summed E-state index contributed by atoms with van der Waals surface area (Å²) in [5, 5.41) is 7.29. The van der Waals surface area contributed by atoms with Crippen LogP contribution in [0.5, 0.6) is 0 Å². The van der Waals surface area contributed by atoms with Gasteiger partial charge in [-0.3, -0.25) is 4.79 Å². The van der Waals surface area contributed by atoms with Crippen molar-refractivity contribution in [1.82, 2.24) is 5.32 Å². The van der Waals surface area contributed by atoms with Crippen molar-refractivity contribution in [2.75, 3.05) is 6.54 Å². The number of amides is 1. The molecule has 5 heteroatoms. The molecule has 3 N–H and O–H groups in total. The van der Waals surface area contributed by atoms with Crippen molar-refractivity contribution >= 4 is 54.3 Å². The van der Waals surface area contributed by atoms with Crippen LogP contribution in [-0.2, 0) is 4.79 Å². The predicted octanol–water partition coefficient (Wildman–Crippen LogP) is 2.92. The maximum absolute atomic E-state index is 11.8. The maximum atomic E-state index is 11.8. The number of nitrogens with two attached hydrogens (primary N) is 1. The van der Waals surface area contributed by atoms with Crippen LogP contribution in [0.2, 0.25) is 0 Å². The lowest BCUT2D eigenvalue weighted by Gasteiger charge is -1.95. The van der Waals surface area contributed by atoms with Crippen LogP contribution in [0.4, 0.5) is 0 Å². The molecule has 94 valence electrons. The summed E-state index contributed by atoms with van der Waals surface area (Å²) in [5.74, 6) is -0.0640. The van der Waals surface area contributed by atoms with E-state index in [1.54, 1.807) is 22.7 Å². The highest BCUT2D eigenvalue weighted by Gasteiger charge is 2.23. The number of thiophene rings is 2. The molecule has 0 atom stereocenters. The van der Waals surface area contributed by atoms with Gasteiger partial charge in [0.1, 0.15) is 0 Å². The summed E-state index contributed by atoms with van der Waals surface area (Å²) in [4.78, 5) is 12.8. The van der Waals surface area contributed by atoms with Crippen LogP contribution in [0.15, 0.2) is 35.3 Å². The third-order valence-corrected chi connectivity index (χ3v) is 5.32. The molecule has 0 spiro atoms. The van der Waals surface area contributed by atoms with Crippen molar-refractivity contribution < 1.29 is 4.79 Å². The molecule has 3 aromatic rings. The van der Waals surface area contributed by atoms with Crippen molar-refractivity contribution in [3.63, 3.8) is 0 Å². The summed E-state index contributed by atoms with van der Waals surface area (Å²) in [6.07, 6.45) is 0. The molecule has 4 rings (SSSR count). The molecular formula is C14H10N2OS2. The highest BCUT2D eigenvalue weighted by molar-refractivity contribution is 7.21. The summed E-state index contributed by atoms with van der Waals surface area (Å²) < 4.78 is 2.47. The van der Waals surface area contributed by atoms with E-state index in [1.807, 2.05) is 0 Å². The molecule has 3 nitrogen and oxygen atoms in total. The highest BCUT2D eigenvalue weighted by atomic mass is 32.1. The molecule has 1 aliphatic rings. The third kappa shape index (κ3) is 1.59. The molecule has 2 aromatic heterocycles. The molecule has 0 saturated heterocycles. The lowest BCUT2D eigenvalue weighted by Crippen LogP contribution is -2.17.